The van der Waals surface area contributed by atoms with Crippen LogP contribution < -0.4 is 0 Å². The molecule has 48 heavy (non-hydrogen) atoms. The molecule has 2 heterocycles. The normalized spacial score (nSPS) is 54.6. The van der Waals surface area contributed by atoms with Crippen molar-refractivity contribution in [3.8, 4) is 0 Å². The van der Waals surface area contributed by atoms with Gasteiger partial charge in [0.05, 0.1) is 43.2 Å². The molecule has 5 fully saturated rings. The Kier molecular flexibility index (Phi) is 8.99. The van der Waals surface area contributed by atoms with E-state index in [1.54, 1.807) is 6.92 Å². The Balaban J connectivity index is 1.33. The molecule has 3 saturated carbocycles. The summed E-state index contributed by atoms with van der Waals surface area (Å²) < 4.78 is 18.4. The molecule has 0 spiro atoms. The first kappa shape index (κ1) is 36.8. The molecular formula is C36H58O12. The molecular weight excluding hydrogens is 624 g/mol. The Hall–Kier alpha value is -1.03. The van der Waals surface area contributed by atoms with Crippen molar-refractivity contribution in [2.45, 2.75) is 153 Å². The number of carbonyl (C=O) groups excluding carboxylic acids is 1. The minimum absolute atomic E-state index is 0.0708. The van der Waals surface area contributed by atoms with E-state index < -0.39 is 101 Å². The maximum atomic E-state index is 14.9. The van der Waals surface area contributed by atoms with Crippen molar-refractivity contribution in [3.63, 3.8) is 0 Å². The molecule has 17 atom stereocenters. The molecule has 6 aliphatic rings. The highest BCUT2D eigenvalue weighted by atomic mass is 16.7. The van der Waals surface area contributed by atoms with Gasteiger partial charge < -0.3 is 55.1 Å². The smallest absolute Gasteiger partial charge is 0.187 e. The van der Waals surface area contributed by atoms with E-state index in [1.165, 1.54) is 0 Å². The Morgan fingerprint density at radius 2 is 1.65 bits per heavy atom. The van der Waals surface area contributed by atoms with E-state index in [4.69, 9.17) is 14.2 Å². The molecule has 12 heteroatoms. The van der Waals surface area contributed by atoms with Crippen LogP contribution in [-0.4, -0.2) is 126 Å². The van der Waals surface area contributed by atoms with Gasteiger partial charge in [-0.3, -0.25) is 4.79 Å². The highest BCUT2D eigenvalue weighted by molar-refractivity contribution is 5.88. The number of ketones is 1. The fraction of sp³-hybridized carbons (Fsp3) is 0.917. The lowest BCUT2D eigenvalue weighted by Crippen LogP contribution is -2.66. The van der Waals surface area contributed by atoms with E-state index in [-0.39, 0.29) is 36.4 Å². The van der Waals surface area contributed by atoms with Crippen LogP contribution in [0.1, 0.15) is 87.0 Å². The Morgan fingerprint density at radius 1 is 0.979 bits per heavy atom. The number of allylic oxidation sites excluding steroid dienone is 1. The summed E-state index contributed by atoms with van der Waals surface area (Å²) in [6, 6.07) is 0. The average molecular weight is 683 g/mol. The third-order valence-corrected chi connectivity index (χ3v) is 14.8. The molecule has 2 aliphatic heterocycles. The summed E-state index contributed by atoms with van der Waals surface area (Å²) in [7, 11) is 0. The van der Waals surface area contributed by atoms with Crippen LogP contribution in [0.2, 0.25) is 0 Å². The van der Waals surface area contributed by atoms with Crippen LogP contribution in [0, 0.1) is 39.4 Å². The molecule has 0 radical (unpaired) electrons. The van der Waals surface area contributed by atoms with Gasteiger partial charge in [0.2, 0.25) is 0 Å². The van der Waals surface area contributed by atoms with Crippen LogP contribution in [0.5, 0.6) is 0 Å². The minimum Gasteiger partial charge on any atom is -0.394 e. The zero-order valence-corrected chi connectivity index (χ0v) is 29.4. The lowest BCUT2D eigenvalue weighted by molar-refractivity contribution is -0.323. The van der Waals surface area contributed by atoms with E-state index in [0.717, 1.165) is 5.57 Å². The standard InChI is InChI=1S/C36H58O12/c1-31(2)17-8-9-22-32(3)13-19(39)28(35(6)11-10-24(48-35)34(5,45)16-38)33(32,4)14-23(40)36(22,7)18(17)12-20(29(31)44)46-30-27(43)26(42)25(41)21(15-37)47-30/h8,18-22,24-30,37-39,41-45H,9-16H2,1-7H3. The molecule has 12 nitrogen and oxygen atoms in total. The number of hydrogen-bond acceptors (Lipinski definition) is 12. The Labute approximate surface area is 283 Å². The largest absolute Gasteiger partial charge is 0.394 e. The quantitative estimate of drug-likeness (QED) is 0.181. The number of rotatable bonds is 6. The van der Waals surface area contributed by atoms with Gasteiger partial charge in [0, 0.05) is 23.2 Å². The molecule has 0 aromatic heterocycles. The number of carbonyl (C=O) groups is 1. The van der Waals surface area contributed by atoms with Crippen LogP contribution in [0.25, 0.3) is 0 Å². The van der Waals surface area contributed by atoms with Crippen molar-refractivity contribution in [2.24, 2.45) is 39.4 Å². The van der Waals surface area contributed by atoms with Crippen molar-refractivity contribution in [2.75, 3.05) is 13.2 Å². The maximum Gasteiger partial charge on any atom is 0.187 e. The van der Waals surface area contributed by atoms with E-state index in [0.29, 0.717) is 25.7 Å². The molecule has 8 N–H and O–H groups in total. The monoisotopic (exact) mass is 682 g/mol. The predicted octanol–water partition coefficient (Wildman–Crippen LogP) is 0.578. The van der Waals surface area contributed by atoms with Crippen LogP contribution in [0.15, 0.2) is 11.6 Å². The number of aliphatic hydroxyl groups excluding tert-OH is 7. The van der Waals surface area contributed by atoms with Crippen molar-refractivity contribution >= 4 is 5.78 Å². The van der Waals surface area contributed by atoms with Gasteiger partial charge in [0.15, 0.2) is 6.29 Å². The predicted molar refractivity (Wildman–Crippen MR) is 171 cm³/mol. The number of aliphatic hydroxyl groups is 8. The van der Waals surface area contributed by atoms with Gasteiger partial charge in [0.25, 0.3) is 0 Å². The van der Waals surface area contributed by atoms with E-state index in [2.05, 4.69) is 19.9 Å². The van der Waals surface area contributed by atoms with Crippen LogP contribution in [0.3, 0.4) is 0 Å². The lowest BCUT2D eigenvalue weighted by atomic mass is 9.38. The summed E-state index contributed by atoms with van der Waals surface area (Å²) in [5, 5.41) is 85.3. The number of Topliss-reactive ketones (excluding diaryl/α,β-unsaturated/α-hetero) is 1. The third-order valence-electron chi connectivity index (χ3n) is 14.8. The van der Waals surface area contributed by atoms with Gasteiger partial charge in [-0.05, 0) is 68.6 Å². The third kappa shape index (κ3) is 4.92. The second-order valence-electron chi connectivity index (χ2n) is 17.7. The van der Waals surface area contributed by atoms with Gasteiger partial charge in [-0.25, -0.2) is 0 Å². The first-order chi connectivity index (χ1) is 22.1. The minimum atomic E-state index is -1.63. The summed E-state index contributed by atoms with van der Waals surface area (Å²) >= 11 is 0. The lowest BCUT2D eigenvalue weighted by Gasteiger charge is -2.65. The van der Waals surface area contributed by atoms with Gasteiger partial charge >= 0.3 is 0 Å². The molecule has 4 aliphatic carbocycles. The second-order valence-corrected chi connectivity index (χ2v) is 17.7. The zero-order chi connectivity index (χ0) is 35.6. The van der Waals surface area contributed by atoms with Crippen molar-refractivity contribution < 1.29 is 59.9 Å². The summed E-state index contributed by atoms with van der Waals surface area (Å²) in [5.74, 6) is -0.816. The van der Waals surface area contributed by atoms with Gasteiger partial charge in [-0.1, -0.05) is 46.3 Å². The highest BCUT2D eigenvalue weighted by Gasteiger charge is 2.75. The molecule has 0 bridgehead atoms. The summed E-state index contributed by atoms with van der Waals surface area (Å²) in [6.07, 6.45) is -5.93. The number of ether oxygens (including phenoxy) is 3. The molecule has 17 unspecified atom stereocenters. The summed E-state index contributed by atoms with van der Waals surface area (Å²) in [4.78, 5) is 14.9. The number of fused-ring (bicyclic) bond motifs is 5. The fourth-order valence-electron chi connectivity index (χ4n) is 11.7. The topological polar surface area (TPSA) is 207 Å². The molecule has 0 amide bonds. The molecule has 274 valence electrons. The summed E-state index contributed by atoms with van der Waals surface area (Å²) in [5.41, 5.74) is -4.09. The Morgan fingerprint density at radius 3 is 2.27 bits per heavy atom. The molecule has 6 rings (SSSR count). The molecule has 0 aromatic rings. The summed E-state index contributed by atoms with van der Waals surface area (Å²) in [6.45, 7) is 12.6. The van der Waals surface area contributed by atoms with Crippen LogP contribution in [-0.2, 0) is 19.0 Å². The fourth-order valence-corrected chi connectivity index (χ4v) is 11.7. The second kappa shape index (κ2) is 11.7. The number of hydrogen-bond donors (Lipinski definition) is 8. The van der Waals surface area contributed by atoms with E-state index in [1.807, 2.05) is 27.7 Å². The van der Waals surface area contributed by atoms with Crippen molar-refractivity contribution in [1.29, 1.82) is 0 Å². The maximum absolute atomic E-state index is 14.9. The van der Waals surface area contributed by atoms with Gasteiger partial charge in [0.1, 0.15) is 35.8 Å². The average Bonchev–Trinajstić information content (AvgIpc) is 3.51. The van der Waals surface area contributed by atoms with Crippen molar-refractivity contribution in [3.05, 3.63) is 11.6 Å². The van der Waals surface area contributed by atoms with Crippen LogP contribution >= 0.6 is 0 Å². The van der Waals surface area contributed by atoms with Gasteiger partial charge in [-0.15, -0.1) is 0 Å². The van der Waals surface area contributed by atoms with Crippen molar-refractivity contribution in [1.82, 2.24) is 0 Å². The van der Waals surface area contributed by atoms with E-state index >= 15 is 0 Å². The molecule has 0 aromatic carbocycles. The Bertz CT molecular complexity index is 1300. The van der Waals surface area contributed by atoms with Crippen LogP contribution in [0.4, 0.5) is 0 Å². The first-order valence-electron chi connectivity index (χ1n) is 17.7. The first-order valence-corrected chi connectivity index (χ1v) is 17.7. The SMILES string of the molecule is CC(O)(CO)C1CCC(C)(C2C(O)CC3(C)C4CC=C5C(CC(OC6OC(CO)C(O)C(O)C6O)C(O)C5(C)C)C4(C)C(=O)CC23C)O1. The highest BCUT2D eigenvalue weighted by Crippen LogP contribution is 2.75. The molecule has 2 saturated heterocycles. The zero-order valence-electron chi connectivity index (χ0n) is 29.4. The van der Waals surface area contributed by atoms with E-state index in [9.17, 15) is 45.6 Å². The van der Waals surface area contributed by atoms with Gasteiger partial charge in [-0.2, -0.15) is 0 Å².